The van der Waals surface area contributed by atoms with Crippen molar-refractivity contribution in [1.29, 1.82) is 0 Å². The van der Waals surface area contributed by atoms with Crippen LogP contribution in [-0.2, 0) is 9.53 Å². The Morgan fingerprint density at radius 1 is 1.32 bits per heavy atom. The van der Waals surface area contributed by atoms with Crippen molar-refractivity contribution >= 4 is 28.4 Å². The number of nitrogens with zero attached hydrogens (tertiary/aromatic N) is 4. The second-order valence-corrected chi connectivity index (χ2v) is 8.66. The number of piperidine rings is 1. The highest BCUT2D eigenvalue weighted by atomic mass is 32.1. The second-order valence-electron chi connectivity index (χ2n) is 7.83. The predicted molar refractivity (Wildman–Crippen MR) is 107 cm³/mol. The van der Waals surface area contributed by atoms with Gasteiger partial charge in [-0.15, -0.1) is 10.2 Å². The summed E-state index contributed by atoms with van der Waals surface area (Å²) in [6.07, 6.45) is 1.34. The lowest BCUT2D eigenvalue weighted by Gasteiger charge is -2.35. The van der Waals surface area contributed by atoms with Gasteiger partial charge in [-0.3, -0.25) is 9.69 Å². The first kappa shape index (κ1) is 20.9. The van der Waals surface area contributed by atoms with Crippen LogP contribution in [0.5, 0.6) is 0 Å². The van der Waals surface area contributed by atoms with Gasteiger partial charge in [-0.1, -0.05) is 25.2 Å². The molecule has 2 aliphatic rings. The van der Waals surface area contributed by atoms with Gasteiger partial charge in [0.1, 0.15) is 5.51 Å². The average Bonchev–Trinajstić information content (AvgIpc) is 3.19. The van der Waals surface area contributed by atoms with E-state index >= 15 is 0 Å². The minimum Gasteiger partial charge on any atom is -0.374 e. The van der Waals surface area contributed by atoms with Crippen LogP contribution in [0.3, 0.4) is 0 Å². The first-order valence-corrected chi connectivity index (χ1v) is 10.8. The maximum atomic E-state index is 12.5. The van der Waals surface area contributed by atoms with Gasteiger partial charge in [0.05, 0.1) is 12.7 Å². The van der Waals surface area contributed by atoms with E-state index in [2.05, 4.69) is 39.6 Å². The number of carbonyl (C=O) groups excluding carboxylic acids is 2. The van der Waals surface area contributed by atoms with Crippen LogP contribution >= 0.6 is 11.3 Å². The monoisotopic (exact) mass is 410 g/mol. The van der Waals surface area contributed by atoms with Crippen molar-refractivity contribution in [1.82, 2.24) is 25.3 Å². The molecular formula is C18H30N6O3S. The zero-order valence-corrected chi connectivity index (χ0v) is 17.4. The van der Waals surface area contributed by atoms with Crippen LogP contribution < -0.4 is 10.6 Å². The van der Waals surface area contributed by atoms with Crippen molar-refractivity contribution < 1.29 is 14.3 Å². The lowest BCUT2D eigenvalue weighted by molar-refractivity contribution is -0.121. The Labute approximate surface area is 169 Å². The zero-order chi connectivity index (χ0) is 19.9. The predicted octanol–water partition coefficient (Wildman–Crippen LogP) is 1.26. The Balaban J connectivity index is 1.36. The average molecular weight is 411 g/mol. The number of urea groups is 1. The van der Waals surface area contributed by atoms with Crippen LogP contribution in [0.25, 0.3) is 0 Å². The Kier molecular flexibility index (Phi) is 7.57. The highest BCUT2D eigenvalue weighted by Gasteiger charge is 2.28. The van der Waals surface area contributed by atoms with E-state index in [0.29, 0.717) is 50.1 Å². The van der Waals surface area contributed by atoms with E-state index in [4.69, 9.17) is 4.74 Å². The summed E-state index contributed by atoms with van der Waals surface area (Å²) < 4.78 is 5.79. The summed E-state index contributed by atoms with van der Waals surface area (Å²) in [6, 6.07) is -0.0763. The lowest BCUT2D eigenvalue weighted by atomic mass is 9.96. The summed E-state index contributed by atoms with van der Waals surface area (Å²) in [4.78, 5) is 28.9. The molecule has 156 valence electrons. The summed E-state index contributed by atoms with van der Waals surface area (Å²) in [7, 11) is 0. The number of amides is 3. The molecular weight excluding hydrogens is 380 g/mol. The van der Waals surface area contributed by atoms with E-state index in [1.165, 1.54) is 11.3 Å². The largest absolute Gasteiger partial charge is 0.374 e. The van der Waals surface area contributed by atoms with Crippen LogP contribution in [0.4, 0.5) is 9.93 Å². The molecule has 3 rings (SSSR count). The van der Waals surface area contributed by atoms with E-state index < -0.39 is 0 Å². The highest BCUT2D eigenvalue weighted by molar-refractivity contribution is 7.13. The fourth-order valence-electron chi connectivity index (χ4n) is 3.68. The third-order valence-corrected chi connectivity index (χ3v) is 5.68. The van der Waals surface area contributed by atoms with Gasteiger partial charge in [0, 0.05) is 45.2 Å². The standard InChI is InChI=1S/C18H30N6O3S/c1-13(2)10-23-7-8-27-15(11-23)9-19-18(26)24-5-3-14(4-6-24)16(25)21-17-22-20-12-28-17/h12-15H,3-11H2,1-2H3,(H,19,26)(H,21,22,25). The zero-order valence-electron chi connectivity index (χ0n) is 16.6. The maximum Gasteiger partial charge on any atom is 0.317 e. The minimum absolute atomic E-state index is 0.0340. The first-order valence-electron chi connectivity index (χ1n) is 9.95. The van der Waals surface area contributed by atoms with E-state index in [0.717, 1.165) is 19.6 Å². The molecule has 3 heterocycles. The van der Waals surface area contributed by atoms with Gasteiger partial charge in [0.25, 0.3) is 0 Å². The Morgan fingerprint density at radius 2 is 2.11 bits per heavy atom. The summed E-state index contributed by atoms with van der Waals surface area (Å²) in [5.41, 5.74) is 1.58. The fraction of sp³-hybridized carbons (Fsp3) is 0.778. The molecule has 1 aromatic rings. The molecule has 2 N–H and O–H groups in total. The number of likely N-dealkylation sites (tertiary alicyclic amines) is 1. The molecule has 2 fully saturated rings. The number of ether oxygens (including phenoxy) is 1. The molecule has 0 bridgehead atoms. The number of hydrogen-bond donors (Lipinski definition) is 2. The number of nitrogens with one attached hydrogen (secondary N) is 2. The van der Waals surface area contributed by atoms with Crippen molar-refractivity contribution in [2.45, 2.75) is 32.8 Å². The molecule has 2 saturated heterocycles. The molecule has 0 aromatic carbocycles. The van der Waals surface area contributed by atoms with E-state index in [9.17, 15) is 9.59 Å². The molecule has 1 unspecified atom stereocenters. The van der Waals surface area contributed by atoms with Crippen LogP contribution in [-0.4, -0.2) is 83.9 Å². The molecule has 0 radical (unpaired) electrons. The molecule has 0 aliphatic carbocycles. The lowest BCUT2D eigenvalue weighted by Crippen LogP contribution is -2.51. The summed E-state index contributed by atoms with van der Waals surface area (Å²) >= 11 is 1.30. The van der Waals surface area contributed by atoms with Gasteiger partial charge in [0.15, 0.2) is 0 Å². The van der Waals surface area contributed by atoms with Gasteiger partial charge in [-0.2, -0.15) is 0 Å². The van der Waals surface area contributed by atoms with Crippen molar-refractivity contribution in [2.75, 3.05) is 51.2 Å². The van der Waals surface area contributed by atoms with Crippen molar-refractivity contribution in [3.63, 3.8) is 0 Å². The molecule has 3 amide bonds. The minimum atomic E-state index is -0.0979. The third kappa shape index (κ3) is 6.11. The summed E-state index contributed by atoms with van der Waals surface area (Å²) in [6.45, 7) is 9.67. The fourth-order valence-corrected chi connectivity index (χ4v) is 4.13. The molecule has 1 aromatic heterocycles. The molecule has 28 heavy (non-hydrogen) atoms. The maximum absolute atomic E-state index is 12.5. The van der Waals surface area contributed by atoms with Crippen LogP contribution in [0.15, 0.2) is 5.51 Å². The van der Waals surface area contributed by atoms with Crippen LogP contribution in [0.2, 0.25) is 0 Å². The van der Waals surface area contributed by atoms with Gasteiger partial charge in [-0.25, -0.2) is 4.79 Å². The molecule has 1 atom stereocenters. The van der Waals surface area contributed by atoms with Crippen molar-refractivity contribution in [3.05, 3.63) is 5.51 Å². The van der Waals surface area contributed by atoms with Gasteiger partial charge < -0.3 is 20.3 Å². The quantitative estimate of drug-likeness (QED) is 0.732. The number of morpholine rings is 1. The smallest absolute Gasteiger partial charge is 0.317 e. The molecule has 0 saturated carbocycles. The summed E-state index contributed by atoms with van der Waals surface area (Å²) in [5.74, 6) is 0.482. The summed E-state index contributed by atoms with van der Waals surface area (Å²) in [5, 5.41) is 13.8. The van der Waals surface area contributed by atoms with Gasteiger partial charge in [-0.05, 0) is 18.8 Å². The SMILES string of the molecule is CC(C)CN1CCOC(CNC(=O)N2CCC(C(=O)Nc3nncs3)CC2)C1. The first-order chi connectivity index (χ1) is 13.5. The number of rotatable bonds is 6. The Hall–Kier alpha value is -1.78. The molecule has 0 spiro atoms. The van der Waals surface area contributed by atoms with E-state index in [1.807, 2.05) is 0 Å². The van der Waals surface area contributed by atoms with E-state index in [1.54, 1.807) is 10.4 Å². The van der Waals surface area contributed by atoms with Crippen LogP contribution in [0, 0.1) is 11.8 Å². The third-order valence-electron chi connectivity index (χ3n) is 5.07. The number of hydrogen-bond acceptors (Lipinski definition) is 7. The normalized spacial score (nSPS) is 21.7. The topological polar surface area (TPSA) is 99.7 Å². The molecule has 9 nitrogen and oxygen atoms in total. The number of aromatic nitrogens is 2. The molecule has 2 aliphatic heterocycles. The van der Waals surface area contributed by atoms with Crippen molar-refractivity contribution in [3.8, 4) is 0 Å². The molecule has 10 heteroatoms. The van der Waals surface area contributed by atoms with Crippen LogP contribution in [0.1, 0.15) is 26.7 Å². The van der Waals surface area contributed by atoms with E-state index in [-0.39, 0.29) is 24.0 Å². The highest BCUT2D eigenvalue weighted by Crippen LogP contribution is 2.20. The second kappa shape index (κ2) is 10.1. The number of anilines is 1. The Morgan fingerprint density at radius 3 is 2.79 bits per heavy atom. The van der Waals surface area contributed by atoms with Crippen molar-refractivity contribution in [2.24, 2.45) is 11.8 Å². The number of carbonyl (C=O) groups is 2. The Bertz CT molecular complexity index is 633. The van der Waals surface area contributed by atoms with Gasteiger partial charge >= 0.3 is 6.03 Å². The van der Waals surface area contributed by atoms with Gasteiger partial charge in [0.2, 0.25) is 11.0 Å².